The molecule has 0 saturated heterocycles. The maximum Gasteiger partial charge on any atom is 0.356 e. The van der Waals surface area contributed by atoms with Gasteiger partial charge in [-0.3, -0.25) is 0 Å². The van der Waals surface area contributed by atoms with Crippen molar-refractivity contribution in [1.82, 2.24) is 0 Å². The molecule has 5 nitrogen and oxygen atoms in total. The molecule has 0 fully saturated rings. The van der Waals surface area contributed by atoms with E-state index in [2.05, 4.69) is 4.84 Å². The Bertz CT molecular complexity index is 515. The number of carbonyl (C=O) groups is 1. The molecule has 19 heavy (non-hydrogen) atoms. The third-order valence-corrected chi connectivity index (χ3v) is 2.21. The summed E-state index contributed by atoms with van der Waals surface area (Å²) < 4.78 is 4.90. The first-order valence-corrected chi connectivity index (χ1v) is 5.53. The van der Waals surface area contributed by atoms with Crippen molar-refractivity contribution in [2.75, 3.05) is 12.8 Å². The average molecular weight is 260 g/mol. The molecule has 0 spiro atoms. The smallest absolute Gasteiger partial charge is 0.356 e. The highest BCUT2D eigenvalue weighted by molar-refractivity contribution is 5.89. The molecule has 0 amide bonds. The molecule has 2 rings (SSSR count). The molecule has 0 aliphatic carbocycles. The summed E-state index contributed by atoms with van der Waals surface area (Å²) in [6.07, 6.45) is 0. The van der Waals surface area contributed by atoms with E-state index in [-0.39, 0.29) is 0 Å². The van der Waals surface area contributed by atoms with Crippen molar-refractivity contribution >= 4 is 11.7 Å². The highest BCUT2D eigenvalue weighted by Gasteiger charge is 2.05. The summed E-state index contributed by atoms with van der Waals surface area (Å²) in [4.78, 5) is 14.9. The molecule has 0 heterocycles. The first-order valence-electron chi connectivity index (χ1n) is 5.53. The zero-order chi connectivity index (χ0) is 14.1. The van der Waals surface area contributed by atoms with E-state index >= 15 is 0 Å². The minimum Gasteiger partial charge on any atom is -0.497 e. The van der Waals surface area contributed by atoms with E-state index in [9.17, 15) is 4.79 Å². The molecule has 0 bridgehead atoms. The Labute approximate surface area is 111 Å². The van der Waals surface area contributed by atoms with Gasteiger partial charge in [0.2, 0.25) is 0 Å². The predicted molar refractivity (Wildman–Crippen MR) is 73.5 cm³/mol. The number of rotatable bonds is 2. The third kappa shape index (κ3) is 5.10. The van der Waals surface area contributed by atoms with E-state index in [4.69, 9.17) is 16.4 Å². The van der Waals surface area contributed by atoms with Crippen molar-refractivity contribution in [3.63, 3.8) is 0 Å². The molecule has 0 saturated carbocycles. The summed E-state index contributed by atoms with van der Waals surface area (Å²) in [5, 5.41) is 0. The van der Waals surface area contributed by atoms with Gasteiger partial charge < -0.3 is 15.3 Å². The van der Waals surface area contributed by atoms with E-state index in [0.29, 0.717) is 11.3 Å². The molecule has 0 aliphatic heterocycles. The zero-order valence-electron chi connectivity index (χ0n) is 10.6. The minimum atomic E-state index is -0.575. The van der Waals surface area contributed by atoms with Crippen LogP contribution in [0.2, 0.25) is 0 Å². The Morgan fingerprint density at radius 1 is 1.05 bits per heavy atom. The van der Waals surface area contributed by atoms with Gasteiger partial charge in [-0.2, -0.15) is 5.90 Å². The van der Waals surface area contributed by atoms with Gasteiger partial charge in [-0.25, -0.2) is 4.79 Å². The number of nitrogens with two attached hydrogens (primary N) is 2. The average Bonchev–Trinajstić information content (AvgIpc) is 2.48. The molecule has 0 aliphatic rings. The molecule has 2 aromatic rings. The number of carbonyl (C=O) groups excluding carboxylic acids is 1. The van der Waals surface area contributed by atoms with Gasteiger partial charge in [0.05, 0.1) is 12.7 Å². The molecule has 2 aromatic carbocycles. The van der Waals surface area contributed by atoms with Crippen LogP contribution in [0.5, 0.6) is 5.75 Å². The Morgan fingerprint density at radius 3 is 2.21 bits per heavy atom. The molecule has 4 N–H and O–H groups in total. The van der Waals surface area contributed by atoms with E-state index in [1.165, 1.54) is 7.11 Å². The number of hydrogen-bond donors (Lipinski definition) is 2. The summed E-state index contributed by atoms with van der Waals surface area (Å²) in [7, 11) is 1.52. The predicted octanol–water partition coefficient (Wildman–Crippen LogP) is 1.99. The van der Waals surface area contributed by atoms with Crippen molar-refractivity contribution in [3.8, 4) is 5.75 Å². The van der Waals surface area contributed by atoms with Crippen LogP contribution in [0.15, 0.2) is 54.6 Å². The summed E-state index contributed by atoms with van der Waals surface area (Å²) in [6, 6.07) is 16.0. The number of hydrogen-bond acceptors (Lipinski definition) is 5. The van der Waals surface area contributed by atoms with Gasteiger partial charge in [-0.05, 0) is 30.3 Å². The fourth-order valence-electron chi connectivity index (χ4n) is 1.27. The quantitative estimate of drug-likeness (QED) is 0.637. The lowest BCUT2D eigenvalue weighted by atomic mass is 10.2. The molecule has 0 unspecified atom stereocenters. The second kappa shape index (κ2) is 7.73. The van der Waals surface area contributed by atoms with Crippen LogP contribution in [0, 0.1) is 0 Å². The van der Waals surface area contributed by atoms with Crippen molar-refractivity contribution in [3.05, 3.63) is 60.2 Å². The van der Waals surface area contributed by atoms with Gasteiger partial charge in [0, 0.05) is 5.69 Å². The maximum absolute atomic E-state index is 10.9. The first kappa shape index (κ1) is 14.5. The molecule has 0 atom stereocenters. The van der Waals surface area contributed by atoms with Gasteiger partial charge in [0.15, 0.2) is 0 Å². The fraction of sp³-hybridized carbons (Fsp3) is 0.0714. The fourth-order valence-corrected chi connectivity index (χ4v) is 1.27. The highest BCUT2D eigenvalue weighted by atomic mass is 16.7. The lowest BCUT2D eigenvalue weighted by Gasteiger charge is -2.01. The van der Waals surface area contributed by atoms with Crippen LogP contribution < -0.4 is 16.4 Å². The second-order valence-corrected chi connectivity index (χ2v) is 3.55. The van der Waals surface area contributed by atoms with Crippen LogP contribution in [-0.4, -0.2) is 13.1 Å². The van der Waals surface area contributed by atoms with Crippen molar-refractivity contribution in [2.45, 2.75) is 0 Å². The van der Waals surface area contributed by atoms with E-state index < -0.39 is 5.97 Å². The van der Waals surface area contributed by atoms with Crippen LogP contribution in [-0.2, 0) is 4.84 Å². The monoisotopic (exact) mass is 260 g/mol. The van der Waals surface area contributed by atoms with Crippen LogP contribution in [0.1, 0.15) is 10.4 Å². The lowest BCUT2D eigenvalue weighted by molar-refractivity contribution is 0.0503. The normalized spacial score (nSPS) is 8.95. The van der Waals surface area contributed by atoms with Gasteiger partial charge in [0.25, 0.3) is 0 Å². The molecule has 5 heteroatoms. The van der Waals surface area contributed by atoms with Gasteiger partial charge in [-0.1, -0.05) is 24.3 Å². The molecular formula is C14H16N2O3. The van der Waals surface area contributed by atoms with Crippen molar-refractivity contribution in [1.29, 1.82) is 0 Å². The largest absolute Gasteiger partial charge is 0.497 e. The Balaban J connectivity index is 0.000000218. The van der Waals surface area contributed by atoms with E-state index in [0.717, 1.165) is 5.69 Å². The molecule has 0 radical (unpaired) electrons. The number of benzene rings is 2. The topological polar surface area (TPSA) is 87.6 Å². The SMILES string of the molecule is COc1cccc(C(=O)ON)c1.Nc1ccccc1. The lowest BCUT2D eigenvalue weighted by Crippen LogP contribution is -2.09. The summed E-state index contributed by atoms with van der Waals surface area (Å²) in [6.45, 7) is 0. The summed E-state index contributed by atoms with van der Waals surface area (Å²) in [5.74, 6) is 4.73. The van der Waals surface area contributed by atoms with E-state index in [1.54, 1.807) is 24.3 Å². The summed E-state index contributed by atoms with van der Waals surface area (Å²) in [5.41, 5.74) is 6.55. The highest BCUT2D eigenvalue weighted by Crippen LogP contribution is 2.12. The Hall–Kier alpha value is -2.53. The number of ether oxygens (including phenoxy) is 1. The van der Waals surface area contributed by atoms with Gasteiger partial charge in [-0.15, -0.1) is 0 Å². The zero-order valence-corrected chi connectivity index (χ0v) is 10.6. The minimum absolute atomic E-state index is 0.372. The third-order valence-electron chi connectivity index (χ3n) is 2.21. The van der Waals surface area contributed by atoms with Crippen molar-refractivity contribution in [2.24, 2.45) is 5.90 Å². The standard InChI is InChI=1S/C8H9NO3.C6H7N/c1-11-7-4-2-3-6(5-7)8(10)12-9;7-6-4-2-1-3-5-6/h2-5H,9H2,1H3;1-5H,7H2. The van der Waals surface area contributed by atoms with E-state index in [1.807, 2.05) is 30.3 Å². The molecular weight excluding hydrogens is 244 g/mol. The second-order valence-electron chi connectivity index (χ2n) is 3.55. The number of anilines is 1. The number of methoxy groups -OCH3 is 1. The maximum atomic E-state index is 10.9. The van der Waals surface area contributed by atoms with Crippen LogP contribution >= 0.6 is 0 Å². The van der Waals surface area contributed by atoms with Crippen LogP contribution in [0.4, 0.5) is 5.69 Å². The molecule has 100 valence electrons. The molecule has 0 aromatic heterocycles. The van der Waals surface area contributed by atoms with Gasteiger partial charge in [0.1, 0.15) is 5.75 Å². The van der Waals surface area contributed by atoms with Gasteiger partial charge >= 0.3 is 5.97 Å². The van der Waals surface area contributed by atoms with Crippen LogP contribution in [0.25, 0.3) is 0 Å². The Morgan fingerprint density at radius 2 is 1.74 bits per heavy atom. The Kier molecular flexibility index (Phi) is 5.91. The first-order chi connectivity index (χ1) is 9.17. The summed E-state index contributed by atoms with van der Waals surface area (Å²) >= 11 is 0. The number of nitrogen functional groups attached to an aromatic ring is 1. The van der Waals surface area contributed by atoms with Crippen LogP contribution in [0.3, 0.4) is 0 Å². The number of para-hydroxylation sites is 1. The van der Waals surface area contributed by atoms with Crippen molar-refractivity contribution < 1.29 is 14.4 Å².